The van der Waals surface area contributed by atoms with E-state index in [2.05, 4.69) is 0 Å². The smallest absolute Gasteiger partial charge is 0.423 e. The molecule has 0 unspecified atom stereocenters. The molecule has 2 rings (SSSR count). The number of aliphatic carboxylic acids is 1. The molecule has 0 aromatic heterocycles. The lowest BCUT2D eigenvalue weighted by molar-refractivity contribution is -0.388. The summed E-state index contributed by atoms with van der Waals surface area (Å²) in [5.41, 5.74) is -1.74. The number of carbonyl (C=O) groups is 1. The second kappa shape index (κ2) is 6.91. The molecule has 0 amide bonds. The number of carboxylic acids is 1. The van der Waals surface area contributed by atoms with Gasteiger partial charge in [0.05, 0.1) is 11.3 Å². The first-order valence-electron chi connectivity index (χ1n) is 6.51. The third kappa shape index (κ3) is 4.48. The number of rotatable bonds is 5. The van der Waals surface area contributed by atoms with Crippen LogP contribution in [-0.4, -0.2) is 16.0 Å². The van der Waals surface area contributed by atoms with Crippen molar-refractivity contribution in [1.82, 2.24) is 0 Å². The predicted molar refractivity (Wildman–Crippen MR) is 80.0 cm³/mol. The molecule has 0 spiro atoms. The van der Waals surface area contributed by atoms with E-state index in [4.69, 9.17) is 5.11 Å². The van der Waals surface area contributed by atoms with Crippen molar-refractivity contribution in [3.63, 3.8) is 0 Å². The van der Waals surface area contributed by atoms with Crippen LogP contribution in [0.5, 0.6) is 0 Å². The molecule has 0 aliphatic heterocycles. The highest BCUT2D eigenvalue weighted by Crippen LogP contribution is 2.39. The van der Waals surface area contributed by atoms with Crippen LogP contribution >= 0.6 is 11.8 Å². The third-order valence-electron chi connectivity index (χ3n) is 2.98. The summed E-state index contributed by atoms with van der Waals surface area (Å²) in [4.78, 5) is 21.0. The lowest BCUT2D eigenvalue weighted by Crippen LogP contribution is -2.08. The fraction of sp³-hybridized carbons (Fsp3) is 0.133. The van der Waals surface area contributed by atoms with Gasteiger partial charge < -0.3 is 5.11 Å². The monoisotopic (exact) mass is 357 g/mol. The molecule has 0 bridgehead atoms. The Hall–Kier alpha value is -2.55. The third-order valence-corrected chi connectivity index (χ3v) is 3.98. The Balaban J connectivity index is 2.27. The standard InChI is InChI=1S/C15H10F3NO4S/c16-15(17,18)12-8-11(5-6-13(12)19(22)23)24-10-3-1-9(2-4-10)7-14(20)21/h1-6,8H,7H2,(H,20,21). The maximum Gasteiger partial charge on any atom is 0.423 e. The first kappa shape index (κ1) is 17.8. The zero-order valence-corrected chi connectivity index (χ0v) is 12.7. The second-order valence-corrected chi connectivity index (χ2v) is 5.90. The fourth-order valence-electron chi connectivity index (χ4n) is 1.95. The van der Waals surface area contributed by atoms with Gasteiger partial charge in [0.1, 0.15) is 5.56 Å². The lowest BCUT2D eigenvalue weighted by atomic mass is 10.1. The van der Waals surface area contributed by atoms with Crippen molar-refractivity contribution in [2.75, 3.05) is 0 Å². The molecular formula is C15H10F3NO4S. The van der Waals surface area contributed by atoms with E-state index in [0.29, 0.717) is 10.5 Å². The quantitative estimate of drug-likeness (QED) is 0.634. The Morgan fingerprint density at radius 2 is 1.71 bits per heavy atom. The van der Waals surface area contributed by atoms with E-state index in [1.165, 1.54) is 6.07 Å². The van der Waals surface area contributed by atoms with Gasteiger partial charge in [-0.1, -0.05) is 23.9 Å². The molecule has 0 atom stereocenters. The van der Waals surface area contributed by atoms with Crippen molar-refractivity contribution in [1.29, 1.82) is 0 Å². The van der Waals surface area contributed by atoms with Gasteiger partial charge in [-0.25, -0.2) is 0 Å². The maximum absolute atomic E-state index is 12.9. The Morgan fingerprint density at radius 1 is 1.12 bits per heavy atom. The van der Waals surface area contributed by atoms with E-state index in [1.807, 2.05) is 0 Å². The number of benzene rings is 2. The lowest BCUT2D eigenvalue weighted by Gasteiger charge is -2.09. The molecule has 2 aromatic carbocycles. The molecule has 2 aromatic rings. The van der Waals surface area contributed by atoms with Crippen LogP contribution in [0.25, 0.3) is 0 Å². The van der Waals surface area contributed by atoms with Crippen LogP contribution < -0.4 is 0 Å². The summed E-state index contributed by atoms with van der Waals surface area (Å²) in [6, 6.07) is 9.08. The number of carboxylic acid groups (broad SMARTS) is 1. The SMILES string of the molecule is O=C(O)Cc1ccc(Sc2ccc([N+](=O)[O-])c(C(F)(F)F)c2)cc1. The minimum atomic E-state index is -4.83. The van der Waals surface area contributed by atoms with Crippen molar-refractivity contribution in [3.05, 3.63) is 63.7 Å². The molecule has 0 fully saturated rings. The van der Waals surface area contributed by atoms with Crippen molar-refractivity contribution in [3.8, 4) is 0 Å². The molecule has 5 nitrogen and oxygen atoms in total. The number of nitro groups is 1. The van der Waals surface area contributed by atoms with Gasteiger partial charge in [0, 0.05) is 15.9 Å². The highest BCUT2D eigenvalue weighted by atomic mass is 32.2. The van der Waals surface area contributed by atoms with Crippen molar-refractivity contribution in [2.24, 2.45) is 0 Å². The summed E-state index contributed by atoms with van der Waals surface area (Å²) < 4.78 is 38.8. The van der Waals surface area contributed by atoms with Crippen LogP contribution in [0.4, 0.5) is 18.9 Å². The van der Waals surface area contributed by atoms with Crippen LogP contribution in [0.1, 0.15) is 11.1 Å². The zero-order valence-electron chi connectivity index (χ0n) is 11.9. The number of nitro benzene ring substituents is 1. The van der Waals surface area contributed by atoms with E-state index >= 15 is 0 Å². The highest BCUT2D eigenvalue weighted by molar-refractivity contribution is 7.99. The minimum Gasteiger partial charge on any atom is -0.481 e. The average molecular weight is 357 g/mol. The Morgan fingerprint density at radius 3 is 2.21 bits per heavy atom. The molecule has 0 saturated carbocycles. The Labute approximate surface area is 138 Å². The molecular weight excluding hydrogens is 347 g/mol. The first-order chi connectivity index (χ1) is 11.2. The van der Waals surface area contributed by atoms with Crippen molar-refractivity contribution >= 4 is 23.4 Å². The van der Waals surface area contributed by atoms with Gasteiger partial charge in [-0.3, -0.25) is 14.9 Å². The Bertz CT molecular complexity index is 775. The molecule has 1 N–H and O–H groups in total. The zero-order chi connectivity index (χ0) is 17.9. The van der Waals surface area contributed by atoms with Gasteiger partial charge in [-0.2, -0.15) is 13.2 Å². The summed E-state index contributed by atoms with van der Waals surface area (Å²) >= 11 is 0.996. The average Bonchev–Trinajstić information content (AvgIpc) is 2.47. The number of hydrogen-bond donors (Lipinski definition) is 1. The molecule has 0 aliphatic carbocycles. The largest absolute Gasteiger partial charge is 0.481 e. The van der Waals surface area contributed by atoms with E-state index < -0.39 is 28.3 Å². The van der Waals surface area contributed by atoms with Crippen LogP contribution in [0, 0.1) is 10.1 Å². The van der Waals surface area contributed by atoms with Gasteiger partial charge in [0.2, 0.25) is 0 Å². The maximum atomic E-state index is 12.9. The molecule has 0 radical (unpaired) electrons. The van der Waals surface area contributed by atoms with Crippen LogP contribution in [-0.2, 0) is 17.4 Å². The van der Waals surface area contributed by atoms with Crippen molar-refractivity contribution < 1.29 is 28.0 Å². The number of nitrogens with zero attached hydrogens (tertiary/aromatic N) is 1. The summed E-state index contributed by atoms with van der Waals surface area (Å²) in [7, 11) is 0. The van der Waals surface area contributed by atoms with Gasteiger partial charge in [-0.15, -0.1) is 0 Å². The molecule has 24 heavy (non-hydrogen) atoms. The number of alkyl halides is 3. The molecule has 0 heterocycles. The molecule has 126 valence electrons. The van der Waals surface area contributed by atoms with Crippen LogP contribution in [0.15, 0.2) is 52.3 Å². The van der Waals surface area contributed by atoms with Gasteiger partial charge in [-0.05, 0) is 29.8 Å². The fourth-order valence-corrected chi connectivity index (χ4v) is 2.81. The highest BCUT2D eigenvalue weighted by Gasteiger charge is 2.38. The summed E-state index contributed by atoms with van der Waals surface area (Å²) in [5.74, 6) is -0.986. The van der Waals surface area contributed by atoms with Crippen LogP contribution in [0.3, 0.4) is 0 Å². The summed E-state index contributed by atoms with van der Waals surface area (Å²) in [5, 5.41) is 19.4. The minimum absolute atomic E-state index is 0.152. The summed E-state index contributed by atoms with van der Waals surface area (Å²) in [6.07, 6.45) is -4.98. The molecule has 0 aliphatic rings. The van der Waals surface area contributed by atoms with Crippen LogP contribution in [0.2, 0.25) is 0 Å². The number of hydrogen-bond acceptors (Lipinski definition) is 4. The molecule has 0 saturated heterocycles. The van der Waals surface area contributed by atoms with Crippen molar-refractivity contribution in [2.45, 2.75) is 22.4 Å². The van der Waals surface area contributed by atoms with Gasteiger partial charge in [0.25, 0.3) is 5.69 Å². The first-order valence-corrected chi connectivity index (χ1v) is 7.32. The topological polar surface area (TPSA) is 80.4 Å². The second-order valence-electron chi connectivity index (χ2n) is 4.75. The van der Waals surface area contributed by atoms with Gasteiger partial charge in [0.15, 0.2) is 0 Å². The molecule has 9 heteroatoms. The van der Waals surface area contributed by atoms with Gasteiger partial charge >= 0.3 is 12.1 Å². The van der Waals surface area contributed by atoms with E-state index in [0.717, 1.165) is 23.9 Å². The van der Waals surface area contributed by atoms with E-state index in [9.17, 15) is 28.1 Å². The normalized spacial score (nSPS) is 11.3. The predicted octanol–water partition coefficient (Wildman–Crippen LogP) is 4.39. The number of halogens is 3. The summed E-state index contributed by atoms with van der Waals surface area (Å²) in [6.45, 7) is 0. The van der Waals surface area contributed by atoms with E-state index in [-0.39, 0.29) is 11.3 Å². The Kier molecular flexibility index (Phi) is 5.13. The van der Waals surface area contributed by atoms with E-state index in [1.54, 1.807) is 24.3 Å².